The molecule has 1 N–H and O–H groups in total. The number of amides is 1. The first-order chi connectivity index (χ1) is 10.8. The summed E-state index contributed by atoms with van der Waals surface area (Å²) in [6.07, 6.45) is 2.89. The third-order valence-electron chi connectivity index (χ3n) is 4.47. The van der Waals surface area contributed by atoms with E-state index in [0.717, 1.165) is 34.6 Å². The number of thiophene rings is 1. The van der Waals surface area contributed by atoms with Gasteiger partial charge in [-0.2, -0.15) is 0 Å². The topological polar surface area (TPSA) is 54.5 Å². The largest absolute Gasteiger partial charge is 0.378 e. The first-order valence-corrected chi connectivity index (χ1v) is 8.61. The minimum atomic E-state index is 0.146. The molecule has 0 unspecified atom stereocenters. The Hall–Kier alpha value is -1.50. The van der Waals surface area contributed by atoms with Crippen molar-refractivity contribution in [2.24, 2.45) is 0 Å². The van der Waals surface area contributed by atoms with Crippen LogP contribution in [0.4, 0.5) is 0 Å². The second kappa shape index (κ2) is 5.95. The number of carbonyl (C=O) groups is 1. The number of carbonyl (C=O) groups excluding carboxylic acids is 1. The molecule has 0 aromatic carbocycles. The summed E-state index contributed by atoms with van der Waals surface area (Å²) in [7, 11) is 0. The summed E-state index contributed by atoms with van der Waals surface area (Å²) in [4.78, 5) is 21.2. The van der Waals surface area contributed by atoms with E-state index in [1.54, 1.807) is 17.5 Å². The Morgan fingerprint density at radius 1 is 1.41 bits per heavy atom. The molecule has 4 rings (SSSR count). The molecule has 1 amide bonds. The lowest BCUT2D eigenvalue weighted by atomic mass is 9.95. The fourth-order valence-corrected chi connectivity index (χ4v) is 4.52. The SMILES string of the molecule is O=C(c1sc2ncccc2c1[C@H]1CCNC1)N1CCOCC1. The molecule has 1 atom stereocenters. The molecule has 2 aromatic heterocycles. The highest BCUT2D eigenvalue weighted by Gasteiger charge is 2.30. The van der Waals surface area contributed by atoms with Crippen molar-refractivity contribution in [3.05, 3.63) is 28.8 Å². The number of morpholine rings is 1. The highest BCUT2D eigenvalue weighted by Crippen LogP contribution is 2.38. The Balaban J connectivity index is 1.78. The maximum absolute atomic E-state index is 13.0. The third kappa shape index (κ3) is 2.41. The predicted octanol–water partition coefficient (Wildman–Crippen LogP) is 1.85. The van der Waals surface area contributed by atoms with Crippen LogP contribution in [0, 0.1) is 0 Å². The molecular formula is C16H19N3O2S. The van der Waals surface area contributed by atoms with Crippen LogP contribution in [0.1, 0.15) is 27.6 Å². The summed E-state index contributed by atoms with van der Waals surface area (Å²) < 4.78 is 5.36. The van der Waals surface area contributed by atoms with Gasteiger partial charge in [0, 0.05) is 31.2 Å². The first-order valence-electron chi connectivity index (χ1n) is 7.80. The summed E-state index contributed by atoms with van der Waals surface area (Å²) in [6.45, 7) is 4.60. The minimum absolute atomic E-state index is 0.146. The Labute approximate surface area is 133 Å². The monoisotopic (exact) mass is 317 g/mol. The number of ether oxygens (including phenoxy) is 1. The molecule has 116 valence electrons. The molecule has 0 aliphatic carbocycles. The number of rotatable bonds is 2. The lowest BCUT2D eigenvalue weighted by Crippen LogP contribution is -2.40. The van der Waals surface area contributed by atoms with Gasteiger partial charge < -0.3 is 15.0 Å². The Morgan fingerprint density at radius 2 is 2.27 bits per heavy atom. The Kier molecular flexibility index (Phi) is 3.82. The van der Waals surface area contributed by atoms with Crippen molar-refractivity contribution in [2.45, 2.75) is 12.3 Å². The summed E-state index contributed by atoms with van der Waals surface area (Å²) in [5.41, 5.74) is 1.20. The van der Waals surface area contributed by atoms with Crippen molar-refractivity contribution < 1.29 is 9.53 Å². The fourth-order valence-electron chi connectivity index (χ4n) is 3.33. The highest BCUT2D eigenvalue weighted by molar-refractivity contribution is 7.20. The maximum atomic E-state index is 13.0. The molecule has 2 aliphatic rings. The average molecular weight is 317 g/mol. The minimum Gasteiger partial charge on any atom is -0.378 e. The van der Waals surface area contributed by atoms with Gasteiger partial charge in [0.2, 0.25) is 0 Å². The van der Waals surface area contributed by atoms with Crippen LogP contribution in [0.25, 0.3) is 10.2 Å². The number of hydrogen-bond acceptors (Lipinski definition) is 5. The van der Waals surface area contributed by atoms with Crippen LogP contribution in [0.15, 0.2) is 18.3 Å². The molecule has 2 saturated heterocycles. The van der Waals surface area contributed by atoms with E-state index in [0.29, 0.717) is 32.2 Å². The first kappa shape index (κ1) is 14.1. The van der Waals surface area contributed by atoms with Gasteiger partial charge in [-0.25, -0.2) is 4.98 Å². The summed E-state index contributed by atoms with van der Waals surface area (Å²) in [5, 5.41) is 4.56. The zero-order valence-corrected chi connectivity index (χ0v) is 13.2. The number of aromatic nitrogens is 1. The van der Waals surface area contributed by atoms with Crippen molar-refractivity contribution in [1.29, 1.82) is 0 Å². The molecule has 22 heavy (non-hydrogen) atoms. The summed E-state index contributed by atoms with van der Waals surface area (Å²) in [5.74, 6) is 0.561. The van der Waals surface area contributed by atoms with E-state index in [1.807, 2.05) is 11.0 Å². The van der Waals surface area contributed by atoms with Gasteiger partial charge in [0.25, 0.3) is 5.91 Å². The number of hydrogen-bond donors (Lipinski definition) is 1. The quantitative estimate of drug-likeness (QED) is 0.918. The molecule has 0 saturated carbocycles. The van der Waals surface area contributed by atoms with Gasteiger partial charge >= 0.3 is 0 Å². The third-order valence-corrected chi connectivity index (χ3v) is 5.58. The Bertz CT molecular complexity index is 688. The van der Waals surface area contributed by atoms with Gasteiger partial charge in [-0.05, 0) is 30.5 Å². The molecule has 0 spiro atoms. The normalized spacial score (nSPS) is 22.4. The zero-order chi connectivity index (χ0) is 14.9. The number of nitrogens with zero attached hydrogens (tertiary/aromatic N) is 2. The van der Waals surface area contributed by atoms with Crippen molar-refractivity contribution >= 4 is 27.5 Å². The van der Waals surface area contributed by atoms with Gasteiger partial charge in [0.1, 0.15) is 4.83 Å². The van der Waals surface area contributed by atoms with Crippen LogP contribution in [-0.4, -0.2) is 55.2 Å². The van der Waals surface area contributed by atoms with Gasteiger partial charge in [-0.3, -0.25) is 4.79 Å². The highest BCUT2D eigenvalue weighted by atomic mass is 32.1. The Morgan fingerprint density at radius 3 is 3.05 bits per heavy atom. The zero-order valence-electron chi connectivity index (χ0n) is 12.4. The molecule has 4 heterocycles. The molecule has 2 fully saturated rings. The van der Waals surface area contributed by atoms with Crippen LogP contribution >= 0.6 is 11.3 Å². The van der Waals surface area contributed by atoms with Crippen molar-refractivity contribution in [3.63, 3.8) is 0 Å². The number of pyridine rings is 1. The molecular weight excluding hydrogens is 298 g/mol. The van der Waals surface area contributed by atoms with Crippen LogP contribution in [0.2, 0.25) is 0 Å². The fraction of sp³-hybridized carbons (Fsp3) is 0.500. The average Bonchev–Trinajstić information content (AvgIpc) is 3.21. The van der Waals surface area contributed by atoms with E-state index in [-0.39, 0.29) is 5.91 Å². The van der Waals surface area contributed by atoms with E-state index in [9.17, 15) is 4.79 Å². The molecule has 0 bridgehead atoms. The predicted molar refractivity (Wildman–Crippen MR) is 86.6 cm³/mol. The maximum Gasteiger partial charge on any atom is 0.264 e. The molecule has 2 aromatic rings. The van der Waals surface area contributed by atoms with E-state index in [1.165, 1.54) is 5.56 Å². The molecule has 6 heteroatoms. The second-order valence-electron chi connectivity index (χ2n) is 5.80. The van der Waals surface area contributed by atoms with Crippen LogP contribution in [0.5, 0.6) is 0 Å². The van der Waals surface area contributed by atoms with Crippen molar-refractivity contribution in [3.8, 4) is 0 Å². The second-order valence-corrected chi connectivity index (χ2v) is 6.79. The molecule has 0 radical (unpaired) electrons. The smallest absolute Gasteiger partial charge is 0.264 e. The van der Waals surface area contributed by atoms with Crippen LogP contribution in [-0.2, 0) is 4.74 Å². The lowest BCUT2D eigenvalue weighted by Gasteiger charge is -2.27. The van der Waals surface area contributed by atoms with Crippen LogP contribution < -0.4 is 5.32 Å². The van der Waals surface area contributed by atoms with E-state index in [2.05, 4.69) is 16.4 Å². The van der Waals surface area contributed by atoms with Crippen molar-refractivity contribution in [1.82, 2.24) is 15.2 Å². The lowest BCUT2D eigenvalue weighted by molar-refractivity contribution is 0.0305. The number of nitrogens with one attached hydrogen (secondary N) is 1. The molecule has 5 nitrogen and oxygen atoms in total. The van der Waals surface area contributed by atoms with E-state index >= 15 is 0 Å². The van der Waals surface area contributed by atoms with Crippen LogP contribution in [0.3, 0.4) is 0 Å². The number of fused-ring (bicyclic) bond motifs is 1. The van der Waals surface area contributed by atoms with Gasteiger partial charge in [0.05, 0.1) is 18.1 Å². The van der Waals surface area contributed by atoms with E-state index in [4.69, 9.17) is 4.74 Å². The van der Waals surface area contributed by atoms with Gasteiger partial charge in [-0.15, -0.1) is 11.3 Å². The van der Waals surface area contributed by atoms with Crippen molar-refractivity contribution in [2.75, 3.05) is 39.4 Å². The molecule has 2 aliphatic heterocycles. The summed E-state index contributed by atoms with van der Waals surface area (Å²) in [6, 6.07) is 4.06. The summed E-state index contributed by atoms with van der Waals surface area (Å²) >= 11 is 1.54. The van der Waals surface area contributed by atoms with E-state index < -0.39 is 0 Å². The standard InChI is InChI=1S/C16H19N3O2S/c20-16(19-6-8-21-9-7-19)14-13(11-3-5-17-10-11)12-2-1-4-18-15(12)22-14/h1-2,4,11,17H,3,5-10H2/t11-/m0/s1. The van der Waals surface area contributed by atoms with Gasteiger partial charge in [0.15, 0.2) is 0 Å². The van der Waals surface area contributed by atoms with Gasteiger partial charge in [-0.1, -0.05) is 6.07 Å².